The summed E-state index contributed by atoms with van der Waals surface area (Å²) in [6.45, 7) is 2.32. The van der Waals surface area contributed by atoms with E-state index in [1.807, 2.05) is 36.5 Å². The van der Waals surface area contributed by atoms with Crippen LogP contribution in [-0.2, 0) is 6.54 Å². The second-order valence-electron chi connectivity index (χ2n) is 9.39. The molecule has 0 radical (unpaired) electrons. The van der Waals surface area contributed by atoms with Crippen LogP contribution in [0.25, 0.3) is 10.9 Å². The topological polar surface area (TPSA) is 99.7 Å². The predicted octanol–water partition coefficient (Wildman–Crippen LogP) is 5.30. The second-order valence-corrected chi connectivity index (χ2v) is 9.39. The maximum absolute atomic E-state index is 12.9. The molecule has 2 aromatic heterocycles. The first-order valence-electron chi connectivity index (χ1n) is 12.8. The largest absolute Gasteiger partial charge is 0.489 e. The van der Waals surface area contributed by atoms with Crippen molar-refractivity contribution in [1.82, 2.24) is 14.9 Å². The maximum Gasteiger partial charge on any atom is 0.256 e. The normalized spacial score (nSPS) is 14.5. The van der Waals surface area contributed by atoms with Gasteiger partial charge in [-0.2, -0.15) is 0 Å². The fourth-order valence-corrected chi connectivity index (χ4v) is 4.44. The number of pyridine rings is 1. The van der Waals surface area contributed by atoms with Gasteiger partial charge < -0.3 is 24.9 Å². The Balaban J connectivity index is 1.24. The molecule has 3 heterocycles. The highest BCUT2D eigenvalue weighted by Gasteiger charge is 2.17. The summed E-state index contributed by atoms with van der Waals surface area (Å²) in [5.74, 6) is 1.54. The number of aromatic amines is 1. The van der Waals surface area contributed by atoms with Crippen LogP contribution in [0.5, 0.6) is 17.2 Å². The first-order chi connectivity index (χ1) is 18.6. The minimum atomic E-state index is -0.458. The molecule has 2 aromatic carbocycles. The van der Waals surface area contributed by atoms with Crippen LogP contribution < -0.4 is 14.8 Å². The number of hydrogen-bond acceptors (Lipinski definition) is 6. The highest BCUT2D eigenvalue weighted by atomic mass is 19.1. The van der Waals surface area contributed by atoms with Crippen molar-refractivity contribution < 1.29 is 23.8 Å². The van der Waals surface area contributed by atoms with Gasteiger partial charge in [0.2, 0.25) is 0 Å². The summed E-state index contributed by atoms with van der Waals surface area (Å²) < 4.78 is 24.4. The number of ether oxygens (including phenoxy) is 2. The van der Waals surface area contributed by atoms with Crippen molar-refractivity contribution in [3.05, 3.63) is 78.1 Å². The number of anilines is 1. The Labute approximate surface area is 220 Å². The molecule has 0 atom stereocenters. The molecule has 5 rings (SSSR count). The van der Waals surface area contributed by atoms with Gasteiger partial charge in [0.25, 0.3) is 5.91 Å². The molecule has 1 fully saturated rings. The van der Waals surface area contributed by atoms with E-state index < -0.39 is 6.67 Å². The highest BCUT2D eigenvalue weighted by Crippen LogP contribution is 2.36. The van der Waals surface area contributed by atoms with Gasteiger partial charge in [0.1, 0.15) is 11.6 Å². The zero-order valence-corrected chi connectivity index (χ0v) is 21.0. The summed E-state index contributed by atoms with van der Waals surface area (Å²) in [6, 6.07) is 16.4. The number of halogens is 1. The maximum atomic E-state index is 12.9. The lowest BCUT2D eigenvalue weighted by Crippen LogP contribution is -2.35. The smallest absolute Gasteiger partial charge is 0.256 e. The summed E-state index contributed by atoms with van der Waals surface area (Å²) in [4.78, 5) is 22.6. The standard InChI is InChI=1S/C29H31FN4O4/c30-10-1-15-37-26-18-25-22(6-11-31-25)16-27(26)38-24-7-12-32-28(17-24)33-29(36)21-4-2-20(3-5-21)19-34-13-8-23(35)9-14-34/h2-7,11-12,16-18,23,31,35H,1,8-10,13-15,19H2,(H,32,33,36). The Hall–Kier alpha value is -3.95. The summed E-state index contributed by atoms with van der Waals surface area (Å²) in [6.07, 6.45) is 5.07. The number of fused-ring (bicyclic) bond motifs is 1. The van der Waals surface area contributed by atoms with Crippen LogP contribution in [-0.4, -0.2) is 58.4 Å². The zero-order chi connectivity index (χ0) is 26.3. The van der Waals surface area contributed by atoms with Gasteiger partial charge >= 0.3 is 0 Å². The number of amides is 1. The quantitative estimate of drug-likeness (QED) is 0.246. The van der Waals surface area contributed by atoms with Gasteiger partial charge in [0.05, 0.1) is 19.4 Å². The van der Waals surface area contributed by atoms with Gasteiger partial charge in [-0.25, -0.2) is 4.98 Å². The number of alkyl halides is 1. The molecule has 1 amide bonds. The molecule has 9 heteroatoms. The van der Waals surface area contributed by atoms with Crippen molar-refractivity contribution in [2.75, 3.05) is 31.7 Å². The third-order valence-electron chi connectivity index (χ3n) is 6.53. The van der Waals surface area contributed by atoms with Gasteiger partial charge in [-0.3, -0.25) is 14.1 Å². The number of carbonyl (C=O) groups is 1. The van der Waals surface area contributed by atoms with E-state index in [9.17, 15) is 14.3 Å². The third kappa shape index (κ3) is 6.48. The number of H-pyrrole nitrogens is 1. The lowest BCUT2D eigenvalue weighted by molar-refractivity contribution is 0.0792. The van der Waals surface area contributed by atoms with Crippen molar-refractivity contribution in [1.29, 1.82) is 0 Å². The molecule has 1 saturated heterocycles. The summed E-state index contributed by atoms with van der Waals surface area (Å²) in [7, 11) is 0. The lowest BCUT2D eigenvalue weighted by Gasteiger charge is -2.29. The molecule has 1 aliphatic heterocycles. The van der Waals surface area contributed by atoms with Crippen molar-refractivity contribution >= 4 is 22.6 Å². The molecule has 38 heavy (non-hydrogen) atoms. The summed E-state index contributed by atoms with van der Waals surface area (Å²) in [5.41, 5.74) is 2.53. The molecule has 0 aliphatic carbocycles. The van der Waals surface area contributed by atoms with Crippen molar-refractivity contribution in [2.45, 2.75) is 31.9 Å². The fraction of sp³-hybridized carbons (Fsp3) is 0.310. The molecular formula is C29H31FN4O4. The van der Waals surface area contributed by atoms with E-state index in [0.717, 1.165) is 48.9 Å². The molecule has 0 unspecified atom stereocenters. The number of aliphatic hydroxyl groups excluding tert-OH is 1. The Morgan fingerprint density at radius 1 is 1.11 bits per heavy atom. The molecule has 4 aromatic rings. The Bertz CT molecular complexity index is 1370. The van der Waals surface area contributed by atoms with Crippen LogP contribution in [0.1, 0.15) is 35.2 Å². The van der Waals surface area contributed by atoms with Crippen LogP contribution in [0.2, 0.25) is 0 Å². The first kappa shape index (κ1) is 25.7. The summed E-state index contributed by atoms with van der Waals surface area (Å²) >= 11 is 0. The van der Waals surface area contributed by atoms with E-state index in [-0.39, 0.29) is 25.0 Å². The predicted molar refractivity (Wildman–Crippen MR) is 144 cm³/mol. The number of benzene rings is 2. The first-order valence-corrected chi connectivity index (χ1v) is 12.8. The Morgan fingerprint density at radius 3 is 2.71 bits per heavy atom. The second kappa shape index (κ2) is 12.1. The van der Waals surface area contributed by atoms with Gasteiger partial charge in [0.15, 0.2) is 11.5 Å². The molecule has 1 aliphatic rings. The molecule has 3 N–H and O–H groups in total. The number of likely N-dealkylation sites (tertiary alicyclic amines) is 1. The van der Waals surface area contributed by atoms with E-state index in [0.29, 0.717) is 28.6 Å². The molecule has 198 valence electrons. The van der Waals surface area contributed by atoms with Crippen molar-refractivity contribution in [2.24, 2.45) is 0 Å². The zero-order valence-electron chi connectivity index (χ0n) is 21.0. The molecule has 0 saturated carbocycles. The van der Waals surface area contributed by atoms with E-state index in [2.05, 4.69) is 20.2 Å². The van der Waals surface area contributed by atoms with Crippen LogP contribution in [0, 0.1) is 0 Å². The average molecular weight is 519 g/mol. The van der Waals surface area contributed by atoms with Gasteiger partial charge in [-0.05, 0) is 48.7 Å². The number of nitrogens with one attached hydrogen (secondary N) is 2. The molecule has 8 nitrogen and oxygen atoms in total. The Kier molecular flexibility index (Phi) is 8.15. The van der Waals surface area contributed by atoms with Crippen LogP contribution >= 0.6 is 0 Å². The number of carbonyl (C=O) groups excluding carboxylic acids is 1. The van der Waals surface area contributed by atoms with E-state index in [1.165, 1.54) is 0 Å². The number of piperidine rings is 1. The molecule has 0 bridgehead atoms. The minimum Gasteiger partial charge on any atom is -0.489 e. The number of aliphatic hydroxyl groups is 1. The van der Waals surface area contributed by atoms with Crippen molar-refractivity contribution in [3.63, 3.8) is 0 Å². The van der Waals surface area contributed by atoms with E-state index in [4.69, 9.17) is 9.47 Å². The van der Waals surface area contributed by atoms with Gasteiger partial charge in [-0.1, -0.05) is 12.1 Å². The van der Waals surface area contributed by atoms with Crippen LogP contribution in [0.3, 0.4) is 0 Å². The minimum absolute atomic E-state index is 0.194. The number of hydrogen-bond donors (Lipinski definition) is 3. The monoisotopic (exact) mass is 518 g/mol. The molecular weight excluding hydrogens is 487 g/mol. The lowest BCUT2D eigenvalue weighted by atomic mass is 10.1. The van der Waals surface area contributed by atoms with Crippen molar-refractivity contribution in [3.8, 4) is 17.2 Å². The molecule has 0 spiro atoms. The van der Waals surface area contributed by atoms with E-state index in [1.54, 1.807) is 30.5 Å². The number of aromatic nitrogens is 2. The average Bonchev–Trinajstić information content (AvgIpc) is 3.38. The van der Waals surface area contributed by atoms with Crippen LogP contribution in [0.15, 0.2) is 67.0 Å². The Morgan fingerprint density at radius 2 is 1.92 bits per heavy atom. The summed E-state index contributed by atoms with van der Waals surface area (Å²) in [5, 5.41) is 13.5. The van der Waals surface area contributed by atoms with Crippen LogP contribution in [0.4, 0.5) is 10.2 Å². The number of rotatable bonds is 10. The number of nitrogens with zero attached hydrogens (tertiary/aromatic N) is 2. The third-order valence-corrected chi connectivity index (χ3v) is 6.53. The van der Waals surface area contributed by atoms with Gasteiger partial charge in [0, 0.05) is 67.0 Å². The van der Waals surface area contributed by atoms with E-state index >= 15 is 0 Å². The van der Waals surface area contributed by atoms with Gasteiger partial charge in [-0.15, -0.1) is 0 Å². The highest BCUT2D eigenvalue weighted by molar-refractivity contribution is 6.03. The SMILES string of the molecule is O=C(Nc1cc(Oc2cc3cc[nH]c3cc2OCCCF)ccn1)c1ccc(CN2CCC(O)CC2)cc1. The fourth-order valence-electron chi connectivity index (χ4n) is 4.44.